The lowest BCUT2D eigenvalue weighted by atomic mass is 10.1. The molecule has 0 aliphatic rings. The van der Waals surface area contributed by atoms with E-state index in [4.69, 9.17) is 4.52 Å². The molecule has 17 heavy (non-hydrogen) atoms. The third kappa shape index (κ3) is 3.07. The first-order valence-electron chi connectivity index (χ1n) is 5.14. The maximum absolute atomic E-state index is 11.6. The zero-order valence-electron chi connectivity index (χ0n) is 9.30. The molecular weight excluding hydrogens is 220 g/mol. The standard InChI is InChI=1S/C12H12N2O3/c1-8-5-12(17-14-8)13-11(16)7-9-3-2-4-10(15)6-9/h2-6,15H,7H2,1H3,(H,13,16). The molecule has 0 fully saturated rings. The van der Waals surface area contributed by atoms with Crippen LogP contribution in [0.25, 0.3) is 0 Å². The smallest absolute Gasteiger partial charge is 0.231 e. The van der Waals surface area contributed by atoms with E-state index in [1.807, 2.05) is 0 Å². The number of anilines is 1. The number of aromatic hydroxyl groups is 1. The van der Waals surface area contributed by atoms with Gasteiger partial charge in [-0.25, -0.2) is 0 Å². The van der Waals surface area contributed by atoms with Crippen molar-refractivity contribution in [1.29, 1.82) is 0 Å². The summed E-state index contributed by atoms with van der Waals surface area (Å²) in [6.07, 6.45) is 0.175. The Morgan fingerprint density at radius 1 is 1.47 bits per heavy atom. The van der Waals surface area contributed by atoms with E-state index < -0.39 is 0 Å². The molecule has 2 N–H and O–H groups in total. The summed E-state index contributed by atoms with van der Waals surface area (Å²) < 4.78 is 4.87. The van der Waals surface area contributed by atoms with Crippen LogP contribution in [0.4, 0.5) is 5.88 Å². The van der Waals surface area contributed by atoms with Crippen LogP contribution in [0, 0.1) is 6.92 Å². The molecule has 0 radical (unpaired) electrons. The van der Waals surface area contributed by atoms with Gasteiger partial charge in [-0.15, -0.1) is 0 Å². The number of carbonyl (C=O) groups excluding carboxylic acids is 1. The number of aromatic nitrogens is 1. The highest BCUT2D eigenvalue weighted by Crippen LogP contribution is 2.13. The Labute approximate surface area is 98.1 Å². The molecule has 1 heterocycles. The lowest BCUT2D eigenvalue weighted by Gasteiger charge is -2.01. The van der Waals surface area contributed by atoms with E-state index in [1.54, 1.807) is 37.3 Å². The van der Waals surface area contributed by atoms with Gasteiger partial charge in [0.2, 0.25) is 11.8 Å². The number of phenolic OH excluding ortho intramolecular Hbond substituents is 1. The minimum atomic E-state index is -0.216. The van der Waals surface area contributed by atoms with E-state index in [0.717, 1.165) is 5.56 Å². The highest BCUT2D eigenvalue weighted by Gasteiger charge is 2.07. The Kier molecular flexibility index (Phi) is 3.09. The first kappa shape index (κ1) is 11.2. The van der Waals surface area contributed by atoms with Gasteiger partial charge in [0.15, 0.2) is 0 Å². The molecule has 88 valence electrons. The van der Waals surface area contributed by atoms with Gasteiger partial charge in [0.1, 0.15) is 5.75 Å². The molecule has 0 saturated carbocycles. The number of amides is 1. The summed E-state index contributed by atoms with van der Waals surface area (Å²) in [4.78, 5) is 11.6. The van der Waals surface area contributed by atoms with Crippen molar-refractivity contribution in [2.24, 2.45) is 0 Å². The number of nitrogens with zero attached hydrogens (tertiary/aromatic N) is 1. The fraction of sp³-hybridized carbons (Fsp3) is 0.167. The molecule has 0 bridgehead atoms. The van der Waals surface area contributed by atoms with Gasteiger partial charge in [0, 0.05) is 6.07 Å². The Hall–Kier alpha value is -2.30. The monoisotopic (exact) mass is 232 g/mol. The molecule has 2 aromatic rings. The van der Waals surface area contributed by atoms with Crippen molar-refractivity contribution in [3.8, 4) is 5.75 Å². The zero-order chi connectivity index (χ0) is 12.3. The molecule has 1 aromatic heterocycles. The average Bonchev–Trinajstić information content (AvgIpc) is 2.63. The molecule has 2 rings (SSSR count). The van der Waals surface area contributed by atoms with E-state index in [-0.39, 0.29) is 18.1 Å². The van der Waals surface area contributed by atoms with Crippen LogP contribution < -0.4 is 5.32 Å². The Balaban J connectivity index is 1.98. The van der Waals surface area contributed by atoms with Crippen molar-refractivity contribution in [3.05, 3.63) is 41.6 Å². The van der Waals surface area contributed by atoms with Gasteiger partial charge in [-0.3, -0.25) is 10.1 Å². The molecule has 0 aliphatic heterocycles. The molecule has 0 saturated heterocycles. The van der Waals surface area contributed by atoms with Crippen LogP contribution in [-0.2, 0) is 11.2 Å². The number of rotatable bonds is 3. The van der Waals surface area contributed by atoms with Gasteiger partial charge < -0.3 is 9.63 Å². The molecule has 0 atom stereocenters. The van der Waals surface area contributed by atoms with Crippen molar-refractivity contribution in [2.75, 3.05) is 5.32 Å². The Morgan fingerprint density at radius 3 is 2.94 bits per heavy atom. The third-order valence-electron chi connectivity index (χ3n) is 2.17. The van der Waals surface area contributed by atoms with Gasteiger partial charge in [-0.1, -0.05) is 17.3 Å². The zero-order valence-corrected chi connectivity index (χ0v) is 9.30. The van der Waals surface area contributed by atoms with E-state index >= 15 is 0 Å². The largest absolute Gasteiger partial charge is 0.508 e. The first-order chi connectivity index (χ1) is 8.13. The molecule has 0 unspecified atom stereocenters. The highest BCUT2D eigenvalue weighted by atomic mass is 16.5. The highest BCUT2D eigenvalue weighted by molar-refractivity contribution is 5.91. The van der Waals surface area contributed by atoms with Crippen LogP contribution in [0.15, 0.2) is 34.9 Å². The number of phenols is 1. The van der Waals surface area contributed by atoms with E-state index in [1.165, 1.54) is 0 Å². The quantitative estimate of drug-likeness (QED) is 0.847. The van der Waals surface area contributed by atoms with Gasteiger partial charge in [0.25, 0.3) is 0 Å². The number of benzene rings is 1. The number of carbonyl (C=O) groups is 1. The summed E-state index contributed by atoms with van der Waals surface area (Å²) >= 11 is 0. The second-order valence-electron chi connectivity index (χ2n) is 3.73. The molecule has 5 nitrogen and oxygen atoms in total. The average molecular weight is 232 g/mol. The van der Waals surface area contributed by atoms with E-state index in [9.17, 15) is 9.90 Å². The van der Waals surface area contributed by atoms with Gasteiger partial charge >= 0.3 is 0 Å². The van der Waals surface area contributed by atoms with Crippen LogP contribution in [0.3, 0.4) is 0 Å². The van der Waals surface area contributed by atoms with Crippen molar-refractivity contribution < 1.29 is 14.4 Å². The summed E-state index contributed by atoms with van der Waals surface area (Å²) in [5.41, 5.74) is 1.44. The third-order valence-corrected chi connectivity index (χ3v) is 2.17. The predicted molar refractivity (Wildman–Crippen MR) is 61.7 cm³/mol. The fourth-order valence-corrected chi connectivity index (χ4v) is 1.46. The molecule has 1 amide bonds. The fourth-order valence-electron chi connectivity index (χ4n) is 1.46. The Morgan fingerprint density at radius 2 is 2.29 bits per heavy atom. The van der Waals surface area contributed by atoms with Gasteiger partial charge in [-0.05, 0) is 24.6 Å². The van der Waals surface area contributed by atoms with E-state index in [0.29, 0.717) is 11.6 Å². The minimum absolute atomic E-state index is 0.144. The van der Waals surface area contributed by atoms with Gasteiger partial charge in [0.05, 0.1) is 12.1 Å². The van der Waals surface area contributed by atoms with Crippen LogP contribution in [0.5, 0.6) is 5.75 Å². The first-order valence-corrected chi connectivity index (χ1v) is 5.14. The van der Waals surface area contributed by atoms with Crippen LogP contribution in [0.1, 0.15) is 11.3 Å². The SMILES string of the molecule is Cc1cc(NC(=O)Cc2cccc(O)c2)on1. The number of hydrogen-bond donors (Lipinski definition) is 2. The normalized spacial score (nSPS) is 10.2. The molecular formula is C12H12N2O3. The molecule has 0 spiro atoms. The van der Waals surface area contributed by atoms with E-state index in [2.05, 4.69) is 10.5 Å². The summed E-state index contributed by atoms with van der Waals surface area (Å²) in [6.45, 7) is 1.77. The number of hydrogen-bond acceptors (Lipinski definition) is 4. The molecule has 0 aliphatic carbocycles. The van der Waals surface area contributed by atoms with Crippen molar-refractivity contribution in [3.63, 3.8) is 0 Å². The Bertz CT molecular complexity index is 534. The van der Waals surface area contributed by atoms with Crippen LogP contribution >= 0.6 is 0 Å². The maximum Gasteiger partial charge on any atom is 0.231 e. The summed E-state index contributed by atoms with van der Waals surface area (Å²) in [5.74, 6) is 0.255. The second-order valence-corrected chi connectivity index (χ2v) is 3.73. The minimum Gasteiger partial charge on any atom is -0.508 e. The summed E-state index contributed by atoms with van der Waals surface area (Å²) in [7, 11) is 0. The number of nitrogens with one attached hydrogen (secondary N) is 1. The lowest BCUT2D eigenvalue weighted by molar-refractivity contribution is -0.115. The molecule has 5 heteroatoms. The predicted octanol–water partition coefficient (Wildman–Crippen LogP) is 1.87. The maximum atomic E-state index is 11.6. The van der Waals surface area contributed by atoms with Crippen molar-refractivity contribution >= 4 is 11.8 Å². The lowest BCUT2D eigenvalue weighted by Crippen LogP contribution is -2.13. The topological polar surface area (TPSA) is 75.4 Å². The summed E-state index contributed by atoms with van der Waals surface area (Å²) in [6, 6.07) is 8.20. The van der Waals surface area contributed by atoms with Crippen molar-refractivity contribution in [1.82, 2.24) is 5.16 Å². The summed E-state index contributed by atoms with van der Waals surface area (Å²) in [5, 5.41) is 15.5. The molecule has 1 aromatic carbocycles. The van der Waals surface area contributed by atoms with Gasteiger partial charge in [-0.2, -0.15) is 0 Å². The van der Waals surface area contributed by atoms with Crippen molar-refractivity contribution in [2.45, 2.75) is 13.3 Å². The van der Waals surface area contributed by atoms with Crippen LogP contribution in [0.2, 0.25) is 0 Å². The van der Waals surface area contributed by atoms with Crippen LogP contribution in [-0.4, -0.2) is 16.2 Å². The number of aryl methyl sites for hydroxylation is 1. The second kappa shape index (κ2) is 4.69.